The molecule has 2 aliphatic heterocycles. The lowest BCUT2D eigenvalue weighted by molar-refractivity contribution is 0.228. The van der Waals surface area contributed by atoms with Gasteiger partial charge in [0.2, 0.25) is 0 Å². The molecule has 0 saturated carbocycles. The molecule has 2 atom stereocenters. The molecule has 3 heteroatoms. The van der Waals surface area contributed by atoms with Crippen molar-refractivity contribution in [1.82, 2.24) is 10.2 Å². The molecular formula is C10H20N2S. The molecule has 0 aromatic carbocycles. The molecule has 0 radical (unpaired) electrons. The third-order valence-electron chi connectivity index (χ3n) is 3.24. The minimum Gasteiger partial charge on any atom is -0.316 e. The summed E-state index contributed by atoms with van der Waals surface area (Å²) in [5.41, 5.74) is 0. The number of nitrogens with zero attached hydrogens (tertiary/aromatic N) is 1. The SMILES string of the molecule is CN(CC1CCNC1)C1CCSC1. The average Bonchev–Trinajstić information content (AvgIpc) is 2.74. The van der Waals surface area contributed by atoms with Crippen molar-refractivity contribution in [2.75, 3.05) is 38.2 Å². The van der Waals surface area contributed by atoms with Crippen LogP contribution in [0.1, 0.15) is 12.8 Å². The minimum atomic E-state index is 0.866. The summed E-state index contributed by atoms with van der Waals surface area (Å²) in [6, 6.07) is 0.866. The summed E-state index contributed by atoms with van der Waals surface area (Å²) in [5, 5.41) is 3.44. The summed E-state index contributed by atoms with van der Waals surface area (Å²) in [4.78, 5) is 2.58. The third kappa shape index (κ3) is 2.61. The normalized spacial score (nSPS) is 34.6. The van der Waals surface area contributed by atoms with E-state index in [0.29, 0.717) is 0 Å². The summed E-state index contributed by atoms with van der Waals surface area (Å²) in [5.74, 6) is 3.64. The lowest BCUT2D eigenvalue weighted by Gasteiger charge is -2.26. The second-order valence-corrected chi connectivity index (χ2v) is 5.47. The summed E-state index contributed by atoms with van der Waals surface area (Å²) >= 11 is 2.11. The van der Waals surface area contributed by atoms with E-state index in [9.17, 15) is 0 Å². The van der Waals surface area contributed by atoms with Crippen molar-refractivity contribution in [3.05, 3.63) is 0 Å². The molecule has 0 bridgehead atoms. The molecule has 2 fully saturated rings. The van der Waals surface area contributed by atoms with E-state index in [-0.39, 0.29) is 0 Å². The Bertz CT molecular complexity index is 151. The highest BCUT2D eigenvalue weighted by Crippen LogP contribution is 2.22. The van der Waals surface area contributed by atoms with E-state index in [1.54, 1.807) is 0 Å². The zero-order valence-corrected chi connectivity index (χ0v) is 9.28. The molecule has 13 heavy (non-hydrogen) atoms. The zero-order chi connectivity index (χ0) is 9.10. The van der Waals surface area contributed by atoms with Crippen molar-refractivity contribution >= 4 is 11.8 Å². The molecule has 1 N–H and O–H groups in total. The molecular weight excluding hydrogens is 180 g/mol. The zero-order valence-electron chi connectivity index (χ0n) is 8.46. The Balaban J connectivity index is 1.73. The van der Waals surface area contributed by atoms with Crippen LogP contribution in [-0.4, -0.2) is 49.1 Å². The standard InChI is InChI=1S/C10H20N2S/c1-12(10-3-5-13-8-10)7-9-2-4-11-6-9/h9-11H,2-8H2,1H3. The van der Waals surface area contributed by atoms with Crippen LogP contribution in [0.25, 0.3) is 0 Å². The first kappa shape index (κ1) is 9.81. The Morgan fingerprint density at radius 1 is 1.46 bits per heavy atom. The van der Waals surface area contributed by atoms with E-state index in [1.165, 1.54) is 44.0 Å². The second-order valence-electron chi connectivity index (χ2n) is 4.32. The van der Waals surface area contributed by atoms with Crippen LogP contribution in [0.4, 0.5) is 0 Å². The minimum absolute atomic E-state index is 0.866. The van der Waals surface area contributed by atoms with Crippen LogP contribution in [0.3, 0.4) is 0 Å². The number of nitrogens with one attached hydrogen (secondary N) is 1. The molecule has 0 spiro atoms. The lowest BCUT2D eigenvalue weighted by Crippen LogP contribution is -2.36. The molecule has 2 nitrogen and oxygen atoms in total. The smallest absolute Gasteiger partial charge is 0.0191 e. The van der Waals surface area contributed by atoms with Crippen LogP contribution in [0.2, 0.25) is 0 Å². The van der Waals surface area contributed by atoms with Crippen molar-refractivity contribution in [2.24, 2.45) is 5.92 Å². The van der Waals surface area contributed by atoms with Gasteiger partial charge in [0, 0.05) is 18.3 Å². The molecule has 2 unspecified atom stereocenters. The lowest BCUT2D eigenvalue weighted by atomic mass is 10.1. The predicted molar refractivity (Wildman–Crippen MR) is 59.3 cm³/mol. The van der Waals surface area contributed by atoms with Crippen LogP contribution >= 0.6 is 11.8 Å². The van der Waals surface area contributed by atoms with Crippen LogP contribution in [-0.2, 0) is 0 Å². The molecule has 76 valence electrons. The fraction of sp³-hybridized carbons (Fsp3) is 1.00. The van der Waals surface area contributed by atoms with Gasteiger partial charge in [-0.3, -0.25) is 0 Å². The van der Waals surface area contributed by atoms with Crippen molar-refractivity contribution in [2.45, 2.75) is 18.9 Å². The van der Waals surface area contributed by atoms with Crippen LogP contribution < -0.4 is 5.32 Å². The van der Waals surface area contributed by atoms with E-state index >= 15 is 0 Å². The number of hydrogen-bond acceptors (Lipinski definition) is 3. The monoisotopic (exact) mass is 200 g/mol. The summed E-state index contributed by atoms with van der Waals surface area (Å²) in [6.07, 6.45) is 2.78. The Kier molecular flexibility index (Phi) is 3.52. The Hall–Kier alpha value is 0.270. The van der Waals surface area contributed by atoms with Gasteiger partial charge in [0.15, 0.2) is 0 Å². The fourth-order valence-electron chi connectivity index (χ4n) is 2.30. The first-order valence-electron chi connectivity index (χ1n) is 5.35. The molecule has 2 aliphatic rings. The van der Waals surface area contributed by atoms with Gasteiger partial charge < -0.3 is 10.2 Å². The largest absolute Gasteiger partial charge is 0.316 e. The van der Waals surface area contributed by atoms with Gasteiger partial charge in [0.05, 0.1) is 0 Å². The van der Waals surface area contributed by atoms with Gasteiger partial charge in [-0.05, 0) is 44.6 Å². The predicted octanol–water partition coefficient (Wildman–Crippen LogP) is 1.03. The maximum Gasteiger partial charge on any atom is 0.0191 e. The van der Waals surface area contributed by atoms with E-state index in [0.717, 1.165) is 12.0 Å². The van der Waals surface area contributed by atoms with Crippen molar-refractivity contribution in [3.8, 4) is 0 Å². The molecule has 0 aromatic heterocycles. The maximum absolute atomic E-state index is 3.44. The topological polar surface area (TPSA) is 15.3 Å². The van der Waals surface area contributed by atoms with Gasteiger partial charge in [-0.1, -0.05) is 0 Å². The first-order valence-corrected chi connectivity index (χ1v) is 6.50. The number of rotatable bonds is 3. The fourth-order valence-corrected chi connectivity index (χ4v) is 3.59. The van der Waals surface area contributed by atoms with Crippen LogP contribution in [0.5, 0.6) is 0 Å². The highest BCUT2D eigenvalue weighted by molar-refractivity contribution is 7.99. The van der Waals surface area contributed by atoms with Gasteiger partial charge in [-0.15, -0.1) is 0 Å². The quantitative estimate of drug-likeness (QED) is 0.732. The van der Waals surface area contributed by atoms with Crippen molar-refractivity contribution in [3.63, 3.8) is 0 Å². The van der Waals surface area contributed by atoms with E-state index in [1.807, 2.05) is 0 Å². The van der Waals surface area contributed by atoms with Crippen LogP contribution in [0.15, 0.2) is 0 Å². The average molecular weight is 200 g/mol. The first-order chi connectivity index (χ1) is 6.36. The molecule has 2 rings (SSSR count). The van der Waals surface area contributed by atoms with E-state index in [2.05, 4.69) is 29.0 Å². The van der Waals surface area contributed by atoms with Gasteiger partial charge >= 0.3 is 0 Å². The molecule has 0 amide bonds. The highest BCUT2D eigenvalue weighted by atomic mass is 32.2. The Morgan fingerprint density at radius 2 is 2.38 bits per heavy atom. The van der Waals surface area contributed by atoms with E-state index < -0.39 is 0 Å². The maximum atomic E-state index is 3.44. The Morgan fingerprint density at radius 3 is 3.00 bits per heavy atom. The van der Waals surface area contributed by atoms with Gasteiger partial charge in [-0.2, -0.15) is 11.8 Å². The summed E-state index contributed by atoms with van der Waals surface area (Å²) < 4.78 is 0. The van der Waals surface area contributed by atoms with Crippen molar-refractivity contribution in [1.29, 1.82) is 0 Å². The number of hydrogen-bond donors (Lipinski definition) is 1. The molecule has 2 heterocycles. The summed E-state index contributed by atoms with van der Waals surface area (Å²) in [7, 11) is 2.30. The highest BCUT2D eigenvalue weighted by Gasteiger charge is 2.23. The van der Waals surface area contributed by atoms with Crippen LogP contribution in [0, 0.1) is 5.92 Å². The van der Waals surface area contributed by atoms with Gasteiger partial charge in [-0.25, -0.2) is 0 Å². The third-order valence-corrected chi connectivity index (χ3v) is 4.38. The summed E-state index contributed by atoms with van der Waals surface area (Å²) in [6.45, 7) is 3.78. The molecule has 0 aromatic rings. The molecule has 2 saturated heterocycles. The van der Waals surface area contributed by atoms with Crippen molar-refractivity contribution < 1.29 is 0 Å². The Labute approximate surface area is 85.4 Å². The second kappa shape index (κ2) is 4.67. The van der Waals surface area contributed by atoms with Gasteiger partial charge in [0.1, 0.15) is 0 Å². The van der Waals surface area contributed by atoms with Gasteiger partial charge in [0.25, 0.3) is 0 Å². The van der Waals surface area contributed by atoms with E-state index in [4.69, 9.17) is 0 Å². The number of thioether (sulfide) groups is 1. The molecule has 0 aliphatic carbocycles.